The lowest BCUT2D eigenvalue weighted by Gasteiger charge is -2.36. The number of nitrogens with one attached hydrogen (secondary N) is 1. The Balaban J connectivity index is 2.31. The predicted octanol–water partition coefficient (Wildman–Crippen LogP) is 0.201. The Labute approximate surface area is 116 Å². The molecule has 1 unspecified atom stereocenters. The van der Waals surface area contributed by atoms with E-state index in [1.165, 1.54) is 6.20 Å². The van der Waals surface area contributed by atoms with Gasteiger partial charge >= 0.3 is 5.69 Å². The molecule has 1 aromatic rings. The van der Waals surface area contributed by atoms with Crippen molar-refractivity contribution in [1.29, 1.82) is 0 Å². The highest BCUT2D eigenvalue weighted by Crippen LogP contribution is 2.28. The van der Waals surface area contributed by atoms with Gasteiger partial charge in [-0.2, -0.15) is 4.98 Å². The van der Waals surface area contributed by atoms with Gasteiger partial charge in [-0.1, -0.05) is 0 Å². The van der Waals surface area contributed by atoms with Gasteiger partial charge in [-0.05, 0) is 26.4 Å². The van der Waals surface area contributed by atoms with Crippen molar-refractivity contribution in [2.24, 2.45) is 5.84 Å². The van der Waals surface area contributed by atoms with Crippen molar-refractivity contribution in [3.8, 4) is 0 Å². The zero-order valence-corrected chi connectivity index (χ0v) is 11.6. The van der Waals surface area contributed by atoms with Crippen LogP contribution >= 0.6 is 0 Å². The van der Waals surface area contributed by atoms with E-state index in [0.717, 1.165) is 25.9 Å². The number of hydrogen-bond acceptors (Lipinski definition) is 8. The van der Waals surface area contributed by atoms with E-state index in [4.69, 9.17) is 5.84 Å². The van der Waals surface area contributed by atoms with Crippen LogP contribution in [-0.4, -0.2) is 53.0 Å². The van der Waals surface area contributed by atoms with Gasteiger partial charge in [0.25, 0.3) is 0 Å². The number of likely N-dealkylation sites (N-methyl/N-ethyl adjacent to an activating group) is 2. The van der Waals surface area contributed by atoms with E-state index in [2.05, 4.69) is 20.3 Å². The number of hydrazine groups is 1. The fraction of sp³-hybridized carbons (Fsp3) is 0.636. The zero-order valence-electron chi connectivity index (χ0n) is 11.6. The molecule has 1 atom stereocenters. The van der Waals surface area contributed by atoms with Gasteiger partial charge in [0.2, 0.25) is 11.8 Å². The zero-order chi connectivity index (χ0) is 14.7. The Morgan fingerprint density at radius 2 is 2.40 bits per heavy atom. The third kappa shape index (κ3) is 2.94. The minimum absolute atomic E-state index is 0.111. The first-order valence-electron chi connectivity index (χ1n) is 6.42. The number of likely N-dealkylation sites (tertiary alicyclic amines) is 1. The quantitative estimate of drug-likeness (QED) is 0.457. The van der Waals surface area contributed by atoms with Gasteiger partial charge in [0.1, 0.15) is 6.20 Å². The summed E-state index contributed by atoms with van der Waals surface area (Å²) in [7, 11) is 3.86. The Morgan fingerprint density at radius 1 is 1.65 bits per heavy atom. The highest BCUT2D eigenvalue weighted by Gasteiger charge is 2.28. The minimum atomic E-state index is -0.474. The molecule has 1 saturated heterocycles. The van der Waals surface area contributed by atoms with Crippen molar-refractivity contribution >= 4 is 17.5 Å². The number of hydrogen-bond donors (Lipinski definition) is 2. The van der Waals surface area contributed by atoms with Crippen molar-refractivity contribution in [2.75, 3.05) is 37.5 Å². The third-order valence-corrected chi connectivity index (χ3v) is 3.56. The van der Waals surface area contributed by atoms with Crippen LogP contribution < -0.4 is 16.2 Å². The van der Waals surface area contributed by atoms with Crippen LogP contribution in [0, 0.1) is 10.1 Å². The fourth-order valence-corrected chi connectivity index (χ4v) is 2.45. The molecule has 0 spiro atoms. The van der Waals surface area contributed by atoms with Gasteiger partial charge in [-0.15, -0.1) is 0 Å². The molecule has 1 fully saturated rings. The molecule has 9 nitrogen and oxygen atoms in total. The van der Waals surface area contributed by atoms with E-state index in [-0.39, 0.29) is 17.7 Å². The van der Waals surface area contributed by atoms with E-state index >= 15 is 0 Å². The first kappa shape index (κ1) is 14.4. The van der Waals surface area contributed by atoms with E-state index in [0.29, 0.717) is 5.82 Å². The van der Waals surface area contributed by atoms with Gasteiger partial charge < -0.3 is 9.80 Å². The molecule has 110 valence electrons. The number of nitro groups is 1. The summed E-state index contributed by atoms with van der Waals surface area (Å²) in [4.78, 5) is 22.6. The largest absolute Gasteiger partial charge is 0.350 e. The highest BCUT2D eigenvalue weighted by atomic mass is 16.6. The van der Waals surface area contributed by atoms with Crippen molar-refractivity contribution in [3.63, 3.8) is 0 Å². The summed E-state index contributed by atoms with van der Waals surface area (Å²) in [5.41, 5.74) is 2.21. The van der Waals surface area contributed by atoms with Crippen LogP contribution in [0.4, 0.5) is 17.5 Å². The van der Waals surface area contributed by atoms with Crippen molar-refractivity contribution in [2.45, 2.75) is 18.9 Å². The van der Waals surface area contributed by atoms with Crippen LogP contribution in [-0.2, 0) is 0 Å². The molecule has 0 bridgehead atoms. The summed E-state index contributed by atoms with van der Waals surface area (Å²) >= 11 is 0. The van der Waals surface area contributed by atoms with E-state index in [1.54, 1.807) is 0 Å². The maximum Gasteiger partial charge on any atom is 0.329 e. The molecule has 2 rings (SSSR count). The number of nitrogens with zero attached hydrogens (tertiary/aromatic N) is 5. The lowest BCUT2D eigenvalue weighted by Crippen LogP contribution is -2.45. The third-order valence-electron chi connectivity index (χ3n) is 3.56. The molecule has 9 heteroatoms. The molecule has 0 aliphatic carbocycles. The number of nitrogens with two attached hydrogens (primary N) is 1. The first-order chi connectivity index (χ1) is 9.52. The summed E-state index contributed by atoms with van der Waals surface area (Å²) < 4.78 is 0. The monoisotopic (exact) mass is 281 g/mol. The van der Waals surface area contributed by atoms with Crippen LogP contribution in [0.2, 0.25) is 0 Å². The number of aromatic nitrogens is 2. The van der Waals surface area contributed by atoms with E-state index in [1.807, 2.05) is 19.0 Å². The average molecular weight is 281 g/mol. The van der Waals surface area contributed by atoms with Gasteiger partial charge in [0.15, 0.2) is 0 Å². The molecule has 3 N–H and O–H groups in total. The van der Waals surface area contributed by atoms with Gasteiger partial charge in [0, 0.05) is 19.6 Å². The summed E-state index contributed by atoms with van der Waals surface area (Å²) in [6, 6.07) is 0.188. The van der Waals surface area contributed by atoms with Crippen molar-refractivity contribution < 1.29 is 4.92 Å². The highest BCUT2D eigenvalue weighted by molar-refractivity contribution is 5.59. The summed E-state index contributed by atoms with van der Waals surface area (Å²) in [5, 5.41) is 11.1. The van der Waals surface area contributed by atoms with Crippen LogP contribution in [0.15, 0.2) is 6.20 Å². The molecule has 1 aromatic heterocycles. The van der Waals surface area contributed by atoms with E-state index in [9.17, 15) is 10.1 Å². The van der Waals surface area contributed by atoms with Crippen molar-refractivity contribution in [1.82, 2.24) is 14.9 Å². The molecule has 0 radical (unpaired) electrons. The van der Waals surface area contributed by atoms with Crippen molar-refractivity contribution in [3.05, 3.63) is 16.3 Å². The Hall–Kier alpha value is -2.00. The predicted molar refractivity (Wildman–Crippen MR) is 75.4 cm³/mol. The molecule has 20 heavy (non-hydrogen) atoms. The maximum atomic E-state index is 11.1. The lowest BCUT2D eigenvalue weighted by molar-refractivity contribution is -0.384. The Kier molecular flexibility index (Phi) is 4.30. The number of rotatable bonds is 4. The van der Waals surface area contributed by atoms with Gasteiger partial charge in [-0.25, -0.2) is 10.8 Å². The standard InChI is InChI=1S/C11H19N7O2/c1-16-5-3-4-8(7-16)17(2)10-9(18(19)20)6-13-11(14-10)15-12/h6,8H,3-5,7,12H2,1-2H3,(H,13,14,15). The SMILES string of the molecule is CN1CCCC(N(C)c2nc(NN)ncc2[N+](=O)[O-])C1. The molecule has 1 aliphatic heterocycles. The summed E-state index contributed by atoms with van der Waals surface area (Å²) in [5.74, 6) is 5.73. The molecule has 0 amide bonds. The maximum absolute atomic E-state index is 11.1. The molecule has 0 saturated carbocycles. The smallest absolute Gasteiger partial charge is 0.329 e. The molecular weight excluding hydrogens is 262 g/mol. The summed E-state index contributed by atoms with van der Waals surface area (Å²) in [6.07, 6.45) is 3.22. The molecular formula is C11H19N7O2. The second kappa shape index (κ2) is 5.97. The molecule has 1 aliphatic rings. The van der Waals surface area contributed by atoms with Crippen LogP contribution in [0.5, 0.6) is 0 Å². The second-order valence-electron chi connectivity index (χ2n) is 4.97. The van der Waals surface area contributed by atoms with Gasteiger partial charge in [0.05, 0.1) is 4.92 Å². The number of piperidine rings is 1. The Bertz CT molecular complexity index is 496. The summed E-state index contributed by atoms with van der Waals surface area (Å²) in [6.45, 7) is 1.90. The topological polar surface area (TPSA) is 113 Å². The number of anilines is 2. The number of nitrogen functional groups attached to an aromatic ring is 1. The van der Waals surface area contributed by atoms with Crippen LogP contribution in [0.25, 0.3) is 0 Å². The Morgan fingerprint density at radius 3 is 3.00 bits per heavy atom. The average Bonchev–Trinajstić information content (AvgIpc) is 2.45. The van der Waals surface area contributed by atoms with E-state index < -0.39 is 4.92 Å². The van der Waals surface area contributed by atoms with Crippen LogP contribution in [0.1, 0.15) is 12.8 Å². The lowest BCUT2D eigenvalue weighted by atomic mass is 10.1. The first-order valence-corrected chi connectivity index (χ1v) is 6.42. The minimum Gasteiger partial charge on any atom is -0.350 e. The molecule has 0 aromatic carbocycles. The second-order valence-corrected chi connectivity index (χ2v) is 4.97. The fourth-order valence-electron chi connectivity index (χ4n) is 2.45. The van der Waals surface area contributed by atoms with Crippen LogP contribution in [0.3, 0.4) is 0 Å². The van der Waals surface area contributed by atoms with Gasteiger partial charge in [-0.3, -0.25) is 15.5 Å². The normalized spacial score (nSPS) is 19.6. The molecule has 2 heterocycles.